The molecule has 2 aliphatic rings. The fourth-order valence-corrected chi connectivity index (χ4v) is 3.26. The number of hydrogen-bond acceptors (Lipinski definition) is 4. The van der Waals surface area contributed by atoms with E-state index in [0.717, 1.165) is 32.5 Å². The molecule has 0 unspecified atom stereocenters. The highest BCUT2D eigenvalue weighted by Gasteiger charge is 2.39. The summed E-state index contributed by atoms with van der Waals surface area (Å²) >= 11 is 1.78. The maximum absolute atomic E-state index is 6.11. The predicted molar refractivity (Wildman–Crippen MR) is 64.8 cm³/mol. The Kier molecular flexibility index (Phi) is 2.73. The van der Waals surface area contributed by atoms with E-state index in [1.807, 2.05) is 0 Å². The van der Waals surface area contributed by atoms with Crippen LogP contribution < -0.4 is 5.73 Å². The number of hydrogen-bond donors (Lipinski definition) is 1. The van der Waals surface area contributed by atoms with Crippen LogP contribution in [0.4, 0.5) is 0 Å². The van der Waals surface area contributed by atoms with Crippen LogP contribution in [0.2, 0.25) is 0 Å². The molecule has 16 heavy (non-hydrogen) atoms. The van der Waals surface area contributed by atoms with Crippen molar-refractivity contribution in [1.29, 1.82) is 0 Å². The van der Waals surface area contributed by atoms with Crippen LogP contribution in [0.25, 0.3) is 0 Å². The van der Waals surface area contributed by atoms with E-state index in [0.29, 0.717) is 5.92 Å². The molecule has 2 N–H and O–H groups in total. The van der Waals surface area contributed by atoms with Crippen molar-refractivity contribution in [3.05, 3.63) is 16.1 Å². The Morgan fingerprint density at radius 3 is 2.88 bits per heavy atom. The molecule has 0 spiro atoms. The molecule has 1 aromatic heterocycles. The first-order valence-corrected chi connectivity index (χ1v) is 6.94. The highest BCUT2D eigenvalue weighted by molar-refractivity contribution is 7.09. The van der Waals surface area contributed by atoms with Crippen molar-refractivity contribution in [1.82, 2.24) is 4.98 Å². The number of thiazole rings is 1. The molecular formula is C12H18N2OS. The zero-order chi connectivity index (χ0) is 11.0. The molecule has 1 aliphatic carbocycles. The lowest BCUT2D eigenvalue weighted by atomic mass is 9.97. The molecule has 0 amide bonds. The highest BCUT2D eigenvalue weighted by atomic mass is 32.1. The number of nitrogens with two attached hydrogens (primary N) is 1. The van der Waals surface area contributed by atoms with Gasteiger partial charge in [-0.15, -0.1) is 11.3 Å². The Hall–Kier alpha value is -0.450. The third-order valence-corrected chi connectivity index (χ3v) is 4.47. The molecule has 3 nitrogen and oxygen atoms in total. The second-order valence-corrected chi connectivity index (χ2v) is 6.03. The van der Waals surface area contributed by atoms with Gasteiger partial charge in [0, 0.05) is 36.5 Å². The van der Waals surface area contributed by atoms with Crippen LogP contribution in [-0.2, 0) is 11.2 Å². The summed E-state index contributed by atoms with van der Waals surface area (Å²) in [5, 5.41) is 3.44. The summed E-state index contributed by atoms with van der Waals surface area (Å²) in [5.41, 5.74) is 7.47. The fourth-order valence-electron chi connectivity index (χ4n) is 2.23. The molecule has 1 saturated heterocycles. The Bertz CT molecular complexity index is 367. The first-order chi connectivity index (χ1) is 7.75. The third kappa shape index (κ3) is 2.29. The summed E-state index contributed by atoms with van der Waals surface area (Å²) in [6.07, 6.45) is 5.55. The molecule has 0 radical (unpaired) electrons. The van der Waals surface area contributed by atoms with E-state index in [2.05, 4.69) is 5.38 Å². The monoisotopic (exact) mass is 238 g/mol. The first kappa shape index (κ1) is 10.7. The maximum atomic E-state index is 6.11. The molecule has 1 aliphatic heterocycles. The van der Waals surface area contributed by atoms with Gasteiger partial charge in [-0.1, -0.05) is 0 Å². The zero-order valence-electron chi connectivity index (χ0n) is 9.45. The molecule has 0 atom stereocenters. The van der Waals surface area contributed by atoms with E-state index in [9.17, 15) is 0 Å². The van der Waals surface area contributed by atoms with Crippen molar-refractivity contribution >= 4 is 11.3 Å². The van der Waals surface area contributed by atoms with Crippen molar-refractivity contribution in [2.24, 2.45) is 5.73 Å². The lowest BCUT2D eigenvalue weighted by Crippen LogP contribution is -2.24. The van der Waals surface area contributed by atoms with E-state index in [1.54, 1.807) is 11.3 Å². The largest absolute Gasteiger partial charge is 0.381 e. The number of nitrogens with zero attached hydrogens (tertiary/aromatic N) is 1. The van der Waals surface area contributed by atoms with Gasteiger partial charge in [0.15, 0.2) is 0 Å². The predicted octanol–water partition coefficient (Wildman–Crippen LogP) is 2.07. The minimum atomic E-state index is 0.0881. The van der Waals surface area contributed by atoms with Gasteiger partial charge in [-0.05, 0) is 25.7 Å². The summed E-state index contributed by atoms with van der Waals surface area (Å²) in [4.78, 5) is 4.74. The molecule has 1 aromatic rings. The quantitative estimate of drug-likeness (QED) is 0.877. The summed E-state index contributed by atoms with van der Waals surface area (Å²) in [6, 6.07) is 0. The first-order valence-electron chi connectivity index (χ1n) is 6.06. The SMILES string of the molecule is NC1(Cc2nc(C3CCOCC3)cs2)CC1. The van der Waals surface area contributed by atoms with Gasteiger partial charge < -0.3 is 10.5 Å². The number of aromatic nitrogens is 1. The fraction of sp³-hybridized carbons (Fsp3) is 0.750. The zero-order valence-corrected chi connectivity index (χ0v) is 10.3. The van der Waals surface area contributed by atoms with Gasteiger partial charge >= 0.3 is 0 Å². The number of rotatable bonds is 3. The molecular weight excluding hydrogens is 220 g/mol. The summed E-state index contributed by atoms with van der Waals surface area (Å²) in [7, 11) is 0. The van der Waals surface area contributed by atoms with Gasteiger partial charge in [0.05, 0.1) is 10.7 Å². The van der Waals surface area contributed by atoms with E-state index in [-0.39, 0.29) is 5.54 Å². The van der Waals surface area contributed by atoms with Crippen LogP contribution >= 0.6 is 11.3 Å². The molecule has 0 aromatic carbocycles. The van der Waals surface area contributed by atoms with Crippen LogP contribution in [0.5, 0.6) is 0 Å². The van der Waals surface area contributed by atoms with Crippen molar-refractivity contribution in [3.63, 3.8) is 0 Å². The Morgan fingerprint density at radius 1 is 1.44 bits per heavy atom. The Morgan fingerprint density at radius 2 is 2.19 bits per heavy atom. The van der Waals surface area contributed by atoms with E-state index in [4.69, 9.17) is 15.5 Å². The van der Waals surface area contributed by atoms with Crippen LogP contribution in [0, 0.1) is 0 Å². The minimum Gasteiger partial charge on any atom is -0.381 e. The van der Waals surface area contributed by atoms with Crippen LogP contribution in [0.15, 0.2) is 5.38 Å². The minimum absolute atomic E-state index is 0.0881. The van der Waals surface area contributed by atoms with Gasteiger partial charge in [-0.25, -0.2) is 4.98 Å². The summed E-state index contributed by atoms with van der Waals surface area (Å²) < 4.78 is 5.37. The molecule has 3 rings (SSSR count). The van der Waals surface area contributed by atoms with Crippen molar-refractivity contribution < 1.29 is 4.74 Å². The van der Waals surface area contributed by atoms with E-state index < -0.39 is 0 Å². The lowest BCUT2D eigenvalue weighted by molar-refractivity contribution is 0.0846. The lowest BCUT2D eigenvalue weighted by Gasteiger charge is -2.20. The molecule has 4 heteroatoms. The highest BCUT2D eigenvalue weighted by Crippen LogP contribution is 2.37. The molecule has 1 saturated carbocycles. The molecule has 88 valence electrons. The molecule has 2 heterocycles. The average molecular weight is 238 g/mol. The topological polar surface area (TPSA) is 48.1 Å². The number of ether oxygens (including phenoxy) is 1. The van der Waals surface area contributed by atoms with E-state index >= 15 is 0 Å². The second-order valence-electron chi connectivity index (χ2n) is 5.09. The standard InChI is InChI=1S/C12H18N2OS/c13-12(3-4-12)7-11-14-10(8-16-11)9-1-5-15-6-2-9/h8-9H,1-7,13H2. The smallest absolute Gasteiger partial charge is 0.0946 e. The van der Waals surface area contributed by atoms with Crippen LogP contribution in [-0.4, -0.2) is 23.7 Å². The van der Waals surface area contributed by atoms with Crippen LogP contribution in [0.3, 0.4) is 0 Å². The Labute approximate surface area is 100 Å². The van der Waals surface area contributed by atoms with Gasteiger partial charge in [0.25, 0.3) is 0 Å². The van der Waals surface area contributed by atoms with Gasteiger partial charge in [0.2, 0.25) is 0 Å². The molecule has 0 bridgehead atoms. The van der Waals surface area contributed by atoms with Crippen molar-refractivity contribution in [2.45, 2.75) is 43.6 Å². The van der Waals surface area contributed by atoms with Gasteiger partial charge in [-0.2, -0.15) is 0 Å². The van der Waals surface area contributed by atoms with Gasteiger partial charge in [0.1, 0.15) is 0 Å². The average Bonchev–Trinajstić information content (AvgIpc) is 2.86. The normalized spacial score (nSPS) is 24.6. The third-order valence-electron chi connectivity index (χ3n) is 3.60. The van der Waals surface area contributed by atoms with Gasteiger partial charge in [-0.3, -0.25) is 0 Å². The van der Waals surface area contributed by atoms with Crippen molar-refractivity contribution in [3.8, 4) is 0 Å². The summed E-state index contributed by atoms with van der Waals surface area (Å²) in [6.45, 7) is 1.77. The second kappa shape index (κ2) is 4.09. The maximum Gasteiger partial charge on any atom is 0.0946 e. The molecule has 2 fully saturated rings. The summed E-state index contributed by atoms with van der Waals surface area (Å²) in [5.74, 6) is 0.617. The van der Waals surface area contributed by atoms with Crippen LogP contribution in [0.1, 0.15) is 42.3 Å². The van der Waals surface area contributed by atoms with Crippen molar-refractivity contribution in [2.75, 3.05) is 13.2 Å². The Balaban J connectivity index is 1.66. The van der Waals surface area contributed by atoms with E-state index in [1.165, 1.54) is 23.5 Å².